The minimum Gasteiger partial charge on any atom is -0.359 e. The fourth-order valence-electron chi connectivity index (χ4n) is 1.87. The van der Waals surface area contributed by atoms with Crippen LogP contribution in [0.1, 0.15) is 11.4 Å². The summed E-state index contributed by atoms with van der Waals surface area (Å²) < 4.78 is 0. The maximum Gasteiger partial charge on any atom is 0.102 e. The van der Waals surface area contributed by atoms with Gasteiger partial charge in [-0.15, -0.1) is 10.2 Å². The smallest absolute Gasteiger partial charge is 0.102 e. The minimum absolute atomic E-state index is 0.660. The molecule has 0 unspecified atom stereocenters. The van der Waals surface area contributed by atoms with E-state index in [0.717, 1.165) is 17.1 Å². The van der Waals surface area contributed by atoms with Gasteiger partial charge in [-0.05, 0) is 12.1 Å². The van der Waals surface area contributed by atoms with Crippen molar-refractivity contribution in [3.63, 3.8) is 0 Å². The molecule has 0 saturated heterocycles. The summed E-state index contributed by atoms with van der Waals surface area (Å²) in [6, 6.07) is 10.1. The summed E-state index contributed by atoms with van der Waals surface area (Å²) in [6.07, 6.45) is 3.58. The molecule has 0 aliphatic heterocycles. The number of hydrogen-bond donors (Lipinski definition) is 2. The van der Waals surface area contributed by atoms with Crippen LogP contribution in [0.4, 0.5) is 5.69 Å². The van der Waals surface area contributed by atoms with Crippen molar-refractivity contribution in [1.29, 1.82) is 0 Å². The van der Waals surface area contributed by atoms with Crippen molar-refractivity contribution in [2.45, 2.75) is 13.1 Å². The molecular weight excluding hydrogens is 242 g/mol. The van der Waals surface area contributed by atoms with Gasteiger partial charge in [0.25, 0.3) is 0 Å². The van der Waals surface area contributed by atoms with Crippen LogP contribution in [0, 0.1) is 0 Å². The Morgan fingerprint density at radius 2 is 1.42 bits per heavy atom. The number of aromatic amines is 2. The normalized spacial score (nSPS) is 10.5. The molecule has 19 heavy (non-hydrogen) atoms. The van der Waals surface area contributed by atoms with Gasteiger partial charge in [0.1, 0.15) is 11.4 Å². The molecule has 0 spiro atoms. The lowest BCUT2D eigenvalue weighted by molar-refractivity contribution is 0.755. The van der Waals surface area contributed by atoms with E-state index < -0.39 is 0 Å². The van der Waals surface area contributed by atoms with Crippen LogP contribution >= 0.6 is 0 Å². The number of nitrogens with zero attached hydrogens (tertiary/aromatic N) is 5. The van der Waals surface area contributed by atoms with E-state index in [-0.39, 0.29) is 0 Å². The highest BCUT2D eigenvalue weighted by Gasteiger charge is 2.11. The van der Waals surface area contributed by atoms with Gasteiger partial charge < -0.3 is 4.90 Å². The predicted molar refractivity (Wildman–Crippen MR) is 69.1 cm³/mol. The van der Waals surface area contributed by atoms with Gasteiger partial charge in [-0.1, -0.05) is 28.6 Å². The summed E-state index contributed by atoms with van der Waals surface area (Å²) in [4.78, 5) is 2.16. The van der Waals surface area contributed by atoms with Crippen LogP contribution in [0.15, 0.2) is 42.7 Å². The van der Waals surface area contributed by atoms with Gasteiger partial charge >= 0.3 is 0 Å². The number of H-pyrrole nitrogens is 2. The Kier molecular flexibility index (Phi) is 3.18. The molecule has 0 radical (unpaired) electrons. The summed E-state index contributed by atoms with van der Waals surface area (Å²) in [7, 11) is 0. The number of nitrogens with one attached hydrogen (secondary N) is 2. The number of aromatic nitrogens is 6. The SMILES string of the molecule is c1ccc(N(Cc2c[nH]nn2)Cc2c[nH]nn2)cc1. The molecule has 0 bridgehead atoms. The van der Waals surface area contributed by atoms with Gasteiger partial charge in [0, 0.05) is 18.1 Å². The zero-order valence-corrected chi connectivity index (χ0v) is 10.2. The Morgan fingerprint density at radius 3 is 1.89 bits per heavy atom. The molecule has 0 fully saturated rings. The highest BCUT2D eigenvalue weighted by atomic mass is 15.3. The van der Waals surface area contributed by atoms with E-state index in [1.54, 1.807) is 12.4 Å². The van der Waals surface area contributed by atoms with E-state index in [9.17, 15) is 0 Å². The predicted octanol–water partition coefficient (Wildman–Crippen LogP) is 1.13. The summed E-state index contributed by atoms with van der Waals surface area (Å²) >= 11 is 0. The minimum atomic E-state index is 0.660. The Morgan fingerprint density at radius 1 is 0.842 bits per heavy atom. The van der Waals surface area contributed by atoms with Crippen molar-refractivity contribution in [2.75, 3.05) is 4.90 Å². The van der Waals surface area contributed by atoms with Crippen molar-refractivity contribution >= 4 is 5.69 Å². The van der Waals surface area contributed by atoms with Crippen molar-refractivity contribution in [1.82, 2.24) is 30.8 Å². The van der Waals surface area contributed by atoms with Crippen molar-refractivity contribution in [3.8, 4) is 0 Å². The third-order valence-corrected chi connectivity index (χ3v) is 2.76. The third kappa shape index (κ3) is 2.76. The molecule has 0 saturated carbocycles. The highest BCUT2D eigenvalue weighted by Crippen LogP contribution is 2.17. The van der Waals surface area contributed by atoms with Crippen LogP contribution in [-0.4, -0.2) is 30.8 Å². The van der Waals surface area contributed by atoms with Crippen LogP contribution in [0.3, 0.4) is 0 Å². The van der Waals surface area contributed by atoms with Gasteiger partial charge in [-0.2, -0.15) is 0 Å². The van der Waals surface area contributed by atoms with Gasteiger partial charge in [-0.25, -0.2) is 0 Å². The average molecular weight is 255 g/mol. The molecule has 0 aliphatic carbocycles. The topological polar surface area (TPSA) is 86.4 Å². The fourth-order valence-corrected chi connectivity index (χ4v) is 1.87. The molecule has 3 aromatic rings. The van der Waals surface area contributed by atoms with E-state index >= 15 is 0 Å². The molecule has 2 aromatic heterocycles. The molecule has 96 valence electrons. The lowest BCUT2D eigenvalue weighted by atomic mass is 10.2. The van der Waals surface area contributed by atoms with Gasteiger partial charge in [0.05, 0.1) is 13.1 Å². The molecule has 2 N–H and O–H groups in total. The van der Waals surface area contributed by atoms with Crippen molar-refractivity contribution < 1.29 is 0 Å². The first-order chi connectivity index (χ1) is 9.42. The van der Waals surface area contributed by atoms with Crippen molar-refractivity contribution in [3.05, 3.63) is 54.1 Å². The molecule has 2 heterocycles. The molecule has 1 aromatic carbocycles. The monoisotopic (exact) mass is 255 g/mol. The largest absolute Gasteiger partial charge is 0.359 e. The number of rotatable bonds is 5. The van der Waals surface area contributed by atoms with Gasteiger partial charge in [0.15, 0.2) is 0 Å². The second kappa shape index (κ2) is 5.30. The standard InChI is InChI=1S/C12H13N7/c1-2-4-12(5-3-1)19(8-10-6-13-17-15-10)9-11-7-14-18-16-11/h1-7H,8-9H2,(H,13,15,17)(H,14,16,18). The number of benzene rings is 1. The first-order valence-corrected chi connectivity index (χ1v) is 5.92. The number of hydrogen-bond acceptors (Lipinski definition) is 5. The molecular formula is C12H13N7. The highest BCUT2D eigenvalue weighted by molar-refractivity contribution is 5.46. The maximum absolute atomic E-state index is 4.02. The summed E-state index contributed by atoms with van der Waals surface area (Å²) in [5.74, 6) is 0. The van der Waals surface area contributed by atoms with E-state index in [4.69, 9.17) is 0 Å². The van der Waals surface area contributed by atoms with Gasteiger partial charge in [0.2, 0.25) is 0 Å². The van der Waals surface area contributed by atoms with Crippen LogP contribution in [0.5, 0.6) is 0 Å². The Hall–Kier alpha value is -2.70. The summed E-state index contributed by atoms with van der Waals surface area (Å²) in [5, 5.41) is 20.9. The average Bonchev–Trinajstić information content (AvgIpc) is 3.12. The first kappa shape index (κ1) is 11.4. The number of anilines is 1. The Balaban J connectivity index is 1.83. The van der Waals surface area contributed by atoms with Crippen molar-refractivity contribution in [2.24, 2.45) is 0 Å². The zero-order valence-electron chi connectivity index (χ0n) is 10.2. The third-order valence-electron chi connectivity index (χ3n) is 2.76. The fraction of sp³-hybridized carbons (Fsp3) is 0.167. The second-order valence-corrected chi connectivity index (χ2v) is 4.12. The number of para-hydroxylation sites is 1. The second-order valence-electron chi connectivity index (χ2n) is 4.12. The van der Waals surface area contributed by atoms with E-state index in [1.165, 1.54) is 0 Å². The molecule has 7 nitrogen and oxygen atoms in total. The lowest BCUT2D eigenvalue weighted by Crippen LogP contribution is -2.22. The Labute approximate surface area is 109 Å². The molecule has 0 atom stereocenters. The van der Waals surface area contributed by atoms with Crippen LogP contribution in [-0.2, 0) is 13.1 Å². The zero-order chi connectivity index (χ0) is 12.9. The van der Waals surface area contributed by atoms with Crippen LogP contribution in [0.2, 0.25) is 0 Å². The van der Waals surface area contributed by atoms with Crippen LogP contribution < -0.4 is 4.90 Å². The first-order valence-electron chi connectivity index (χ1n) is 5.92. The quantitative estimate of drug-likeness (QED) is 0.713. The molecule has 0 aliphatic rings. The van der Waals surface area contributed by atoms with E-state index in [1.807, 2.05) is 18.2 Å². The molecule has 3 rings (SSSR count). The molecule has 7 heteroatoms. The molecule has 0 amide bonds. The summed E-state index contributed by atoms with van der Waals surface area (Å²) in [5.41, 5.74) is 2.87. The van der Waals surface area contributed by atoms with E-state index in [0.29, 0.717) is 13.1 Å². The van der Waals surface area contributed by atoms with Crippen LogP contribution in [0.25, 0.3) is 0 Å². The lowest BCUT2D eigenvalue weighted by Gasteiger charge is -2.22. The summed E-state index contributed by atoms with van der Waals surface area (Å²) in [6.45, 7) is 1.32. The van der Waals surface area contributed by atoms with Gasteiger partial charge in [-0.3, -0.25) is 10.2 Å². The Bertz CT molecular complexity index is 552. The van der Waals surface area contributed by atoms with E-state index in [2.05, 4.69) is 47.9 Å². The maximum atomic E-state index is 4.02.